The summed E-state index contributed by atoms with van der Waals surface area (Å²) in [5.74, 6) is 1.18. The average molecular weight is 211 g/mol. The van der Waals surface area contributed by atoms with Crippen LogP contribution in [0.1, 0.15) is 20.8 Å². The third-order valence-corrected chi connectivity index (χ3v) is 1.80. The van der Waals surface area contributed by atoms with E-state index in [1.807, 2.05) is 20.8 Å². The molecular weight excluding hydrogens is 194 g/mol. The van der Waals surface area contributed by atoms with Crippen LogP contribution in [-0.4, -0.2) is 33.8 Å². The lowest BCUT2D eigenvalue weighted by atomic mass is 10.1. The van der Waals surface area contributed by atoms with Crippen molar-refractivity contribution in [1.29, 1.82) is 0 Å². The van der Waals surface area contributed by atoms with Crippen molar-refractivity contribution < 1.29 is 9.84 Å². The fourth-order valence-electron chi connectivity index (χ4n) is 1.02. The first kappa shape index (κ1) is 11.7. The fraction of sp³-hybridized carbons (Fsp3) is 0.600. The van der Waals surface area contributed by atoms with Crippen molar-refractivity contribution in [2.24, 2.45) is 0 Å². The van der Waals surface area contributed by atoms with E-state index in [1.165, 1.54) is 6.33 Å². The summed E-state index contributed by atoms with van der Waals surface area (Å²) < 4.78 is 5.24. The predicted octanol–water partition coefficient (Wildman–Crippen LogP) is 1.06. The molecule has 0 aliphatic heterocycles. The number of aliphatic hydroxyl groups excluding tert-OH is 1. The van der Waals surface area contributed by atoms with Crippen LogP contribution in [0.15, 0.2) is 12.4 Å². The smallest absolute Gasteiger partial charge is 0.218 e. The van der Waals surface area contributed by atoms with Crippen molar-refractivity contribution in [2.75, 3.05) is 18.5 Å². The Kier molecular flexibility index (Phi) is 3.85. The summed E-state index contributed by atoms with van der Waals surface area (Å²) in [5, 5.41) is 12.2. The summed E-state index contributed by atoms with van der Waals surface area (Å²) in [6.07, 6.45) is 1.43. The molecule has 0 spiro atoms. The Hall–Kier alpha value is -1.36. The molecule has 1 aromatic rings. The van der Waals surface area contributed by atoms with Crippen LogP contribution >= 0.6 is 0 Å². The lowest BCUT2D eigenvalue weighted by Crippen LogP contribution is -2.35. The van der Waals surface area contributed by atoms with Gasteiger partial charge in [-0.2, -0.15) is 0 Å². The molecule has 0 unspecified atom stereocenters. The maximum Gasteiger partial charge on any atom is 0.218 e. The van der Waals surface area contributed by atoms with Crippen LogP contribution in [0.25, 0.3) is 0 Å². The molecule has 0 fully saturated rings. The molecule has 1 rings (SSSR count). The number of rotatable bonds is 5. The molecule has 0 amide bonds. The maximum atomic E-state index is 9.09. The number of aliphatic hydroxyl groups is 1. The predicted molar refractivity (Wildman–Crippen MR) is 58.0 cm³/mol. The molecule has 1 heterocycles. The number of aromatic nitrogens is 2. The van der Waals surface area contributed by atoms with Gasteiger partial charge in [-0.3, -0.25) is 0 Å². The second-order valence-corrected chi connectivity index (χ2v) is 3.84. The molecule has 15 heavy (non-hydrogen) atoms. The largest absolute Gasteiger partial charge is 0.478 e. The Morgan fingerprint density at radius 1 is 1.47 bits per heavy atom. The Morgan fingerprint density at radius 2 is 2.20 bits per heavy atom. The summed E-state index contributed by atoms with van der Waals surface area (Å²) in [7, 11) is 0. The van der Waals surface area contributed by atoms with E-state index < -0.39 is 5.54 Å². The number of ether oxygens (including phenoxy) is 1. The van der Waals surface area contributed by atoms with Crippen molar-refractivity contribution in [3.05, 3.63) is 12.4 Å². The van der Waals surface area contributed by atoms with E-state index in [0.29, 0.717) is 18.3 Å². The third kappa shape index (κ3) is 3.71. The van der Waals surface area contributed by atoms with Gasteiger partial charge in [-0.05, 0) is 20.8 Å². The van der Waals surface area contributed by atoms with Crippen molar-refractivity contribution in [1.82, 2.24) is 9.97 Å². The van der Waals surface area contributed by atoms with Crippen LogP contribution in [0, 0.1) is 0 Å². The summed E-state index contributed by atoms with van der Waals surface area (Å²) in [5.41, 5.74) is -0.405. The summed E-state index contributed by atoms with van der Waals surface area (Å²) in [6, 6.07) is 1.71. The third-order valence-electron chi connectivity index (χ3n) is 1.80. The highest BCUT2D eigenvalue weighted by molar-refractivity contribution is 5.39. The number of nitrogens with one attached hydrogen (secondary N) is 1. The lowest BCUT2D eigenvalue weighted by Gasteiger charge is -2.24. The molecule has 5 nitrogen and oxygen atoms in total. The number of nitrogens with zero attached hydrogens (tertiary/aromatic N) is 2. The molecule has 0 aromatic carbocycles. The molecule has 0 aliphatic rings. The molecule has 2 N–H and O–H groups in total. The standard InChI is InChI=1S/C10H17N3O2/c1-4-15-9-5-8(11-7-12-9)13-10(2,3)6-14/h5,7,14H,4,6H2,1-3H3,(H,11,12,13). The zero-order chi connectivity index (χ0) is 11.3. The monoisotopic (exact) mass is 211 g/mol. The SMILES string of the molecule is CCOc1cc(NC(C)(C)CO)ncn1. The number of anilines is 1. The normalized spacial score (nSPS) is 11.2. The zero-order valence-electron chi connectivity index (χ0n) is 9.32. The second-order valence-electron chi connectivity index (χ2n) is 3.84. The van der Waals surface area contributed by atoms with Crippen molar-refractivity contribution in [3.63, 3.8) is 0 Å². The van der Waals surface area contributed by atoms with E-state index in [9.17, 15) is 0 Å². The van der Waals surface area contributed by atoms with Crippen LogP contribution in [0.5, 0.6) is 5.88 Å². The van der Waals surface area contributed by atoms with Crippen LogP contribution in [-0.2, 0) is 0 Å². The highest BCUT2D eigenvalue weighted by Gasteiger charge is 2.16. The Labute approximate surface area is 89.5 Å². The van der Waals surface area contributed by atoms with Crippen LogP contribution in [0.4, 0.5) is 5.82 Å². The van der Waals surface area contributed by atoms with Crippen LogP contribution < -0.4 is 10.1 Å². The van der Waals surface area contributed by atoms with Gasteiger partial charge in [-0.1, -0.05) is 0 Å². The van der Waals surface area contributed by atoms with Gasteiger partial charge < -0.3 is 15.2 Å². The van der Waals surface area contributed by atoms with Crippen LogP contribution in [0.2, 0.25) is 0 Å². The zero-order valence-corrected chi connectivity index (χ0v) is 9.32. The number of hydrogen-bond donors (Lipinski definition) is 2. The van der Waals surface area contributed by atoms with Gasteiger partial charge in [0.05, 0.1) is 18.8 Å². The van der Waals surface area contributed by atoms with E-state index in [0.717, 1.165) is 0 Å². The van der Waals surface area contributed by atoms with Gasteiger partial charge in [0, 0.05) is 6.07 Å². The molecule has 0 saturated carbocycles. The van der Waals surface area contributed by atoms with Gasteiger partial charge in [0.1, 0.15) is 12.1 Å². The first-order chi connectivity index (χ1) is 7.07. The quantitative estimate of drug-likeness (QED) is 0.762. The maximum absolute atomic E-state index is 9.09. The van der Waals surface area contributed by atoms with Crippen LogP contribution in [0.3, 0.4) is 0 Å². The topological polar surface area (TPSA) is 67.3 Å². The van der Waals surface area contributed by atoms with Gasteiger partial charge in [-0.15, -0.1) is 0 Å². The first-order valence-electron chi connectivity index (χ1n) is 4.91. The average Bonchev–Trinajstić information content (AvgIpc) is 2.18. The minimum atomic E-state index is -0.405. The molecule has 0 aliphatic carbocycles. The second kappa shape index (κ2) is 4.93. The molecule has 1 aromatic heterocycles. The van der Waals surface area contributed by atoms with Gasteiger partial charge in [0.25, 0.3) is 0 Å². The fourth-order valence-corrected chi connectivity index (χ4v) is 1.02. The van der Waals surface area contributed by atoms with E-state index in [-0.39, 0.29) is 6.61 Å². The minimum Gasteiger partial charge on any atom is -0.478 e. The molecule has 0 radical (unpaired) electrons. The van der Waals surface area contributed by atoms with E-state index >= 15 is 0 Å². The molecule has 0 atom stereocenters. The minimum absolute atomic E-state index is 0.0287. The molecular formula is C10H17N3O2. The summed E-state index contributed by atoms with van der Waals surface area (Å²) >= 11 is 0. The molecule has 0 bridgehead atoms. The van der Waals surface area contributed by atoms with E-state index in [2.05, 4.69) is 15.3 Å². The van der Waals surface area contributed by atoms with Gasteiger partial charge >= 0.3 is 0 Å². The lowest BCUT2D eigenvalue weighted by molar-refractivity contribution is 0.233. The Bertz CT molecular complexity index is 315. The van der Waals surface area contributed by atoms with Gasteiger partial charge in [-0.25, -0.2) is 9.97 Å². The van der Waals surface area contributed by atoms with Crippen molar-refractivity contribution >= 4 is 5.82 Å². The van der Waals surface area contributed by atoms with Gasteiger partial charge in [0.2, 0.25) is 5.88 Å². The van der Waals surface area contributed by atoms with Gasteiger partial charge in [0.15, 0.2) is 0 Å². The first-order valence-corrected chi connectivity index (χ1v) is 4.91. The Morgan fingerprint density at radius 3 is 2.80 bits per heavy atom. The molecule has 5 heteroatoms. The molecule has 84 valence electrons. The van der Waals surface area contributed by atoms with Crippen molar-refractivity contribution in [2.45, 2.75) is 26.3 Å². The van der Waals surface area contributed by atoms with E-state index in [1.54, 1.807) is 6.07 Å². The Balaban J connectivity index is 2.73. The summed E-state index contributed by atoms with van der Waals surface area (Å²) in [6.45, 7) is 6.26. The molecule has 0 saturated heterocycles. The highest BCUT2D eigenvalue weighted by atomic mass is 16.5. The highest BCUT2D eigenvalue weighted by Crippen LogP contribution is 2.15. The summed E-state index contributed by atoms with van der Waals surface area (Å²) in [4.78, 5) is 7.99. The van der Waals surface area contributed by atoms with Crippen molar-refractivity contribution in [3.8, 4) is 5.88 Å². The van der Waals surface area contributed by atoms with E-state index in [4.69, 9.17) is 9.84 Å². The number of hydrogen-bond acceptors (Lipinski definition) is 5.